The summed E-state index contributed by atoms with van der Waals surface area (Å²) in [6.07, 6.45) is 2.58. The van der Waals surface area contributed by atoms with E-state index in [0.29, 0.717) is 25.8 Å². The Bertz CT molecular complexity index is 1830. The maximum absolute atomic E-state index is 14.0. The third kappa shape index (κ3) is 20.0. The monoisotopic (exact) mass is 1000 g/mol. The van der Waals surface area contributed by atoms with Crippen LogP contribution in [0.4, 0.5) is 0 Å². The second-order valence-electron chi connectivity index (χ2n) is 17.6. The lowest BCUT2D eigenvalue weighted by Gasteiger charge is -2.31. The van der Waals surface area contributed by atoms with E-state index >= 15 is 0 Å². The van der Waals surface area contributed by atoms with Crippen molar-refractivity contribution < 1.29 is 68.4 Å². The van der Waals surface area contributed by atoms with E-state index in [-0.39, 0.29) is 62.8 Å². The number of guanidine groups is 1. The van der Waals surface area contributed by atoms with Crippen LogP contribution >= 0.6 is 11.8 Å². The quantitative estimate of drug-likeness (QED) is 0.0182. The summed E-state index contributed by atoms with van der Waals surface area (Å²) >= 11 is 1.27. The molecule has 0 aliphatic carbocycles. The van der Waals surface area contributed by atoms with Crippen molar-refractivity contribution in [3.63, 3.8) is 0 Å². The molecular formula is C42H72N12O14S. The number of thioether (sulfide) groups is 1. The number of rotatable bonds is 30. The number of nitrogens with zero attached hydrogens (tertiary/aromatic N) is 2. The summed E-state index contributed by atoms with van der Waals surface area (Å²) < 4.78 is 0. The first-order chi connectivity index (χ1) is 32.5. The van der Waals surface area contributed by atoms with E-state index in [2.05, 4.69) is 47.5 Å². The molecule has 0 aromatic carbocycles. The van der Waals surface area contributed by atoms with Gasteiger partial charge in [-0.15, -0.1) is 0 Å². The lowest BCUT2D eigenvalue weighted by Crippen LogP contribution is -2.61. The number of likely N-dealkylation sites (tertiary alicyclic amines) is 1. The molecule has 2 aliphatic rings. The van der Waals surface area contributed by atoms with Crippen molar-refractivity contribution in [1.82, 2.24) is 47.4 Å². The molecule has 0 aromatic rings. The fourth-order valence-corrected chi connectivity index (χ4v) is 8.00. The number of amides is 8. The predicted octanol–water partition coefficient (Wildman–Crippen LogP) is -4.82. The highest BCUT2D eigenvalue weighted by atomic mass is 32.2. The van der Waals surface area contributed by atoms with Crippen LogP contribution in [0.5, 0.6) is 0 Å². The Morgan fingerprint density at radius 2 is 1.22 bits per heavy atom. The second kappa shape index (κ2) is 29.9. The molecule has 0 spiro atoms. The van der Waals surface area contributed by atoms with Gasteiger partial charge in [-0.05, 0) is 81.8 Å². The molecule has 16 N–H and O–H groups in total. The number of aliphatic carboxylic acids is 2. The van der Waals surface area contributed by atoms with E-state index in [1.807, 2.05) is 0 Å². The summed E-state index contributed by atoms with van der Waals surface area (Å²) in [7, 11) is 0. The normalized spacial score (nSPS) is 18.6. The molecule has 8 amide bonds. The number of carboxylic acids is 2. The van der Waals surface area contributed by atoms with E-state index in [1.165, 1.54) is 16.7 Å². The van der Waals surface area contributed by atoms with Crippen molar-refractivity contribution in [2.45, 2.75) is 140 Å². The van der Waals surface area contributed by atoms with Crippen molar-refractivity contribution in [3.8, 4) is 0 Å². The largest absolute Gasteiger partial charge is 0.481 e. The first-order valence-corrected chi connectivity index (χ1v) is 24.3. The molecule has 2 rings (SSSR count). The highest BCUT2D eigenvalue weighted by Crippen LogP contribution is 2.21. The van der Waals surface area contributed by atoms with Crippen molar-refractivity contribution in [2.75, 3.05) is 44.9 Å². The molecule has 0 bridgehead atoms. The molecule has 0 radical (unpaired) electrons. The fourth-order valence-electron chi connectivity index (χ4n) is 7.53. The van der Waals surface area contributed by atoms with Crippen molar-refractivity contribution in [2.24, 2.45) is 28.3 Å². The summed E-state index contributed by atoms with van der Waals surface area (Å²) in [5.41, 5.74) is 10.9. The molecule has 69 heavy (non-hydrogen) atoms. The standard InChI is InChI=1S/C42H72N12O14S/c1-21(2)17-26(37(63)53-32(22(3)4)40(66)54-15-8-11-30(54)41(67)68)49-34(60)24(10-7-14-46-42(43)44)47-38(64)28(19-55)52-35(61)25(12-16-69-5)48-36(62)27(18-31(57)58)50-39(65)29(20-56)51-33(59)23-9-6-13-45-23/h21-30,32,45,55-56H,6-20H2,1-5H3,(H,47,64)(H,48,62)(H,49,60)(H,50,65)(H,51,59)(H,52,61)(H,53,63)(H,57,58)(H,67,68)(H4,43,44,46)/t23-,24-,25-,26-,27-,28-,29-,30-,32-/m0/s1. The predicted molar refractivity (Wildman–Crippen MR) is 251 cm³/mol. The topological polar surface area (TPSA) is 415 Å². The number of aliphatic hydroxyl groups is 2. The van der Waals surface area contributed by atoms with Gasteiger partial charge in [0.25, 0.3) is 0 Å². The van der Waals surface area contributed by atoms with E-state index in [0.717, 1.165) is 0 Å². The van der Waals surface area contributed by atoms with Crippen LogP contribution in [0, 0.1) is 11.8 Å². The Labute approximate surface area is 404 Å². The zero-order valence-electron chi connectivity index (χ0n) is 39.8. The fraction of sp³-hybridized carbons (Fsp3) is 0.738. The number of carbonyl (C=O) groups excluding carboxylic acids is 8. The van der Waals surface area contributed by atoms with Crippen molar-refractivity contribution in [1.29, 1.82) is 0 Å². The van der Waals surface area contributed by atoms with Crippen LogP contribution < -0.4 is 54.0 Å². The van der Waals surface area contributed by atoms with Crippen LogP contribution in [-0.4, -0.2) is 190 Å². The molecule has 2 saturated heterocycles. The van der Waals surface area contributed by atoms with Gasteiger partial charge in [0, 0.05) is 13.1 Å². The number of hydrogen-bond donors (Lipinski definition) is 14. The van der Waals surface area contributed by atoms with Gasteiger partial charge in [-0.3, -0.25) is 48.1 Å². The minimum atomic E-state index is -1.81. The average Bonchev–Trinajstić information content (AvgIpc) is 4.01. The molecule has 0 unspecified atom stereocenters. The molecule has 2 fully saturated rings. The maximum atomic E-state index is 14.0. The maximum Gasteiger partial charge on any atom is 0.326 e. The Hall–Kier alpha value is -5.80. The van der Waals surface area contributed by atoms with E-state index < -0.39 is 139 Å². The van der Waals surface area contributed by atoms with Crippen molar-refractivity contribution >= 4 is 76.9 Å². The number of nitrogens with one attached hydrogen (secondary N) is 8. The van der Waals surface area contributed by atoms with Gasteiger partial charge < -0.3 is 79.3 Å². The van der Waals surface area contributed by atoms with Crippen LogP contribution in [0.1, 0.15) is 85.5 Å². The number of carboxylic acid groups (broad SMARTS) is 2. The minimum absolute atomic E-state index is 0.0114. The first kappa shape index (κ1) is 59.3. The van der Waals surface area contributed by atoms with E-state index in [4.69, 9.17) is 11.5 Å². The highest BCUT2D eigenvalue weighted by Gasteiger charge is 2.40. The Balaban J connectivity index is 2.30. The molecule has 0 saturated carbocycles. The van der Waals surface area contributed by atoms with Crippen LogP contribution in [0.25, 0.3) is 0 Å². The number of aliphatic imine (C=N–C) groups is 1. The Morgan fingerprint density at radius 3 is 1.72 bits per heavy atom. The SMILES string of the molecule is CSCC[C@H](NC(=O)[C@H](CC(=O)O)NC(=O)[C@H](CO)NC(=O)[C@@H]1CCCN1)C(=O)N[C@@H](CO)C(=O)N[C@@H](CCCN=C(N)N)C(=O)N[C@@H](CC(C)C)C(=O)N[C@H](C(=O)N1CCC[C@H]1C(=O)O)C(C)C. The molecular weight excluding hydrogens is 929 g/mol. The molecule has 2 aliphatic heterocycles. The average molecular weight is 1000 g/mol. The molecule has 9 atom stereocenters. The van der Waals surface area contributed by atoms with Gasteiger partial charge in [-0.2, -0.15) is 11.8 Å². The number of carbonyl (C=O) groups is 10. The molecule has 26 nitrogen and oxygen atoms in total. The molecule has 0 aromatic heterocycles. The van der Waals surface area contributed by atoms with Crippen LogP contribution in [-0.2, 0) is 47.9 Å². The third-order valence-electron chi connectivity index (χ3n) is 11.2. The van der Waals surface area contributed by atoms with E-state index in [1.54, 1.807) is 34.0 Å². The summed E-state index contributed by atoms with van der Waals surface area (Å²) in [5, 5.41) is 59.4. The summed E-state index contributed by atoms with van der Waals surface area (Å²) in [6, 6.07) is -12.1. The van der Waals surface area contributed by atoms with Gasteiger partial charge in [0.1, 0.15) is 48.3 Å². The lowest BCUT2D eigenvalue weighted by atomic mass is 9.98. The van der Waals surface area contributed by atoms with Gasteiger partial charge in [0.2, 0.25) is 47.3 Å². The number of nitrogens with two attached hydrogens (primary N) is 2. The molecule has 390 valence electrons. The third-order valence-corrected chi connectivity index (χ3v) is 11.9. The summed E-state index contributed by atoms with van der Waals surface area (Å²) in [4.78, 5) is 137. The first-order valence-electron chi connectivity index (χ1n) is 22.9. The van der Waals surface area contributed by atoms with Gasteiger partial charge >= 0.3 is 11.9 Å². The summed E-state index contributed by atoms with van der Waals surface area (Å²) in [6.45, 7) is 5.76. The van der Waals surface area contributed by atoms with Gasteiger partial charge in [0.15, 0.2) is 5.96 Å². The van der Waals surface area contributed by atoms with E-state index in [9.17, 15) is 68.4 Å². The highest BCUT2D eigenvalue weighted by molar-refractivity contribution is 7.98. The van der Waals surface area contributed by atoms with Gasteiger partial charge in [0.05, 0.1) is 25.7 Å². The Kier molecular flexibility index (Phi) is 25.7. The lowest BCUT2D eigenvalue weighted by molar-refractivity contribution is -0.150. The molecule has 2 heterocycles. The van der Waals surface area contributed by atoms with Crippen molar-refractivity contribution in [3.05, 3.63) is 0 Å². The van der Waals surface area contributed by atoms with Crippen LogP contribution in [0.15, 0.2) is 4.99 Å². The number of hydrogen-bond acceptors (Lipinski definition) is 15. The smallest absolute Gasteiger partial charge is 0.326 e. The minimum Gasteiger partial charge on any atom is -0.481 e. The van der Waals surface area contributed by atoms with Gasteiger partial charge in [-0.25, -0.2) is 4.79 Å². The second-order valence-corrected chi connectivity index (χ2v) is 18.6. The zero-order valence-corrected chi connectivity index (χ0v) is 40.6. The van der Waals surface area contributed by atoms with Crippen LogP contribution in [0.3, 0.4) is 0 Å². The summed E-state index contributed by atoms with van der Waals surface area (Å²) in [5.74, 6) is -10.5. The van der Waals surface area contributed by atoms with Gasteiger partial charge in [-0.1, -0.05) is 27.7 Å². The zero-order chi connectivity index (χ0) is 52.0. The Morgan fingerprint density at radius 1 is 0.696 bits per heavy atom. The number of aliphatic hydroxyl groups excluding tert-OH is 2. The van der Waals surface area contributed by atoms with Crippen LogP contribution in [0.2, 0.25) is 0 Å². The molecule has 27 heteroatoms.